The van der Waals surface area contributed by atoms with E-state index in [1.807, 2.05) is 0 Å². The van der Waals surface area contributed by atoms with E-state index in [9.17, 15) is 4.79 Å². The zero-order valence-corrected chi connectivity index (χ0v) is 10.2. The van der Waals surface area contributed by atoms with Gasteiger partial charge in [-0.3, -0.25) is 9.89 Å². The van der Waals surface area contributed by atoms with Crippen LogP contribution in [-0.4, -0.2) is 19.6 Å². The Morgan fingerprint density at radius 2 is 2.18 bits per heavy atom. The van der Waals surface area contributed by atoms with Crippen LogP contribution in [0.15, 0.2) is 4.79 Å². The van der Waals surface area contributed by atoms with Crippen molar-refractivity contribution in [1.82, 2.24) is 19.6 Å². The van der Waals surface area contributed by atoms with E-state index in [-0.39, 0.29) is 5.56 Å². The predicted octanol–water partition coefficient (Wildman–Crippen LogP) is 1.10. The molecule has 0 aliphatic heterocycles. The van der Waals surface area contributed by atoms with E-state index in [2.05, 4.69) is 28.9 Å². The van der Waals surface area contributed by atoms with Gasteiger partial charge in [-0.05, 0) is 25.2 Å². The van der Waals surface area contributed by atoms with E-state index < -0.39 is 0 Å². The summed E-state index contributed by atoms with van der Waals surface area (Å²) in [4.78, 5) is 21.0. The second-order valence-corrected chi connectivity index (χ2v) is 5.10. The molecule has 2 heterocycles. The van der Waals surface area contributed by atoms with Gasteiger partial charge in [0.15, 0.2) is 0 Å². The Kier molecular flexibility index (Phi) is 2.28. The number of hydrogen-bond donors (Lipinski definition) is 1. The lowest BCUT2D eigenvalue weighted by Crippen LogP contribution is -2.20. The van der Waals surface area contributed by atoms with Gasteiger partial charge in [0.2, 0.25) is 0 Å². The second-order valence-electron chi connectivity index (χ2n) is 5.10. The Hall–Kier alpha value is -1.65. The van der Waals surface area contributed by atoms with Crippen molar-refractivity contribution in [3.8, 4) is 0 Å². The maximum Gasteiger partial charge on any atom is 0.277 e. The Morgan fingerprint density at radius 3 is 2.94 bits per heavy atom. The summed E-state index contributed by atoms with van der Waals surface area (Å²) >= 11 is 0. The van der Waals surface area contributed by atoms with E-state index in [1.54, 1.807) is 0 Å². The quantitative estimate of drug-likeness (QED) is 0.843. The lowest BCUT2D eigenvalue weighted by atomic mass is 10.1. The van der Waals surface area contributed by atoms with Crippen LogP contribution in [0.5, 0.6) is 0 Å². The minimum absolute atomic E-state index is 0.0324. The van der Waals surface area contributed by atoms with Gasteiger partial charge >= 0.3 is 0 Å². The highest BCUT2D eigenvalue weighted by Crippen LogP contribution is 2.16. The molecule has 1 aliphatic rings. The van der Waals surface area contributed by atoms with E-state index >= 15 is 0 Å². The molecule has 0 aromatic carbocycles. The molecule has 0 unspecified atom stereocenters. The van der Waals surface area contributed by atoms with E-state index in [1.165, 1.54) is 4.52 Å². The largest absolute Gasteiger partial charge is 0.277 e. The number of nitrogens with zero attached hydrogens (tertiary/aromatic N) is 3. The maximum atomic E-state index is 12.2. The molecule has 3 rings (SSSR count). The fourth-order valence-electron chi connectivity index (χ4n) is 2.41. The number of fused-ring (bicyclic) bond motifs is 2. The van der Waals surface area contributed by atoms with Crippen LogP contribution in [0.3, 0.4) is 0 Å². The van der Waals surface area contributed by atoms with E-state index in [0.29, 0.717) is 11.7 Å². The number of aromatic amines is 1. The third-order valence-electron chi connectivity index (χ3n) is 3.16. The Balaban J connectivity index is 2.17. The van der Waals surface area contributed by atoms with E-state index in [4.69, 9.17) is 0 Å². The molecule has 0 bridgehead atoms. The summed E-state index contributed by atoms with van der Waals surface area (Å²) in [5.41, 5.74) is 1.84. The van der Waals surface area contributed by atoms with Gasteiger partial charge in [0.25, 0.3) is 11.3 Å². The summed E-state index contributed by atoms with van der Waals surface area (Å²) < 4.78 is 1.49. The average Bonchev–Trinajstić information content (AvgIpc) is 2.83. The van der Waals surface area contributed by atoms with Gasteiger partial charge in [-0.15, -0.1) is 0 Å². The number of rotatable bonds is 2. The summed E-state index contributed by atoms with van der Waals surface area (Å²) in [6.45, 7) is 4.26. The number of aromatic nitrogens is 4. The molecule has 17 heavy (non-hydrogen) atoms. The first kappa shape index (κ1) is 10.5. The van der Waals surface area contributed by atoms with Gasteiger partial charge in [-0.1, -0.05) is 13.8 Å². The third-order valence-corrected chi connectivity index (χ3v) is 3.16. The number of aryl methyl sites for hydroxylation is 1. The van der Waals surface area contributed by atoms with Crippen molar-refractivity contribution in [1.29, 1.82) is 0 Å². The summed E-state index contributed by atoms with van der Waals surface area (Å²) in [5, 5.41) is 3.06. The van der Waals surface area contributed by atoms with Crippen molar-refractivity contribution >= 4 is 5.78 Å². The third kappa shape index (κ3) is 1.66. The molecular weight excluding hydrogens is 216 g/mol. The van der Waals surface area contributed by atoms with Crippen molar-refractivity contribution in [3.63, 3.8) is 0 Å². The first-order chi connectivity index (χ1) is 8.15. The topological polar surface area (TPSA) is 63.1 Å². The van der Waals surface area contributed by atoms with Gasteiger partial charge in [-0.2, -0.15) is 9.50 Å². The molecule has 2 aromatic rings. The Bertz CT molecular complexity index is 623. The molecule has 0 saturated carbocycles. The normalized spacial score (nSPS) is 14.8. The standard InChI is InChI=1S/C12H16N4O/c1-7(2)6-10-14-12-13-9-5-3-4-8(9)11(17)16(12)15-10/h7H,3-6H2,1-2H3,(H,13,14,15). The molecule has 90 valence electrons. The zero-order valence-electron chi connectivity index (χ0n) is 10.2. The van der Waals surface area contributed by atoms with Gasteiger partial charge in [-0.25, -0.2) is 4.98 Å². The zero-order chi connectivity index (χ0) is 12.0. The molecule has 1 aliphatic carbocycles. The van der Waals surface area contributed by atoms with Crippen LogP contribution in [-0.2, 0) is 19.3 Å². The van der Waals surface area contributed by atoms with Gasteiger partial charge in [0, 0.05) is 12.0 Å². The van der Waals surface area contributed by atoms with Gasteiger partial charge in [0.1, 0.15) is 5.82 Å². The monoisotopic (exact) mass is 232 g/mol. The fraction of sp³-hybridized carbons (Fsp3) is 0.583. The number of nitrogens with one attached hydrogen (secondary N) is 1. The van der Waals surface area contributed by atoms with E-state index in [0.717, 1.165) is 42.8 Å². The molecule has 1 N–H and O–H groups in total. The highest BCUT2D eigenvalue weighted by molar-refractivity contribution is 5.34. The minimum Gasteiger partial charge on any atom is -0.275 e. The molecule has 5 nitrogen and oxygen atoms in total. The van der Waals surface area contributed by atoms with Crippen molar-refractivity contribution in [2.24, 2.45) is 5.92 Å². The lowest BCUT2D eigenvalue weighted by Gasteiger charge is -1.98. The maximum absolute atomic E-state index is 12.2. The molecule has 0 saturated heterocycles. The van der Waals surface area contributed by atoms with Crippen molar-refractivity contribution < 1.29 is 0 Å². The average molecular weight is 232 g/mol. The Labute approximate surface area is 98.9 Å². The van der Waals surface area contributed by atoms with Gasteiger partial charge < -0.3 is 0 Å². The smallest absolute Gasteiger partial charge is 0.275 e. The van der Waals surface area contributed by atoms with Crippen molar-refractivity contribution in [3.05, 3.63) is 27.4 Å². The molecular formula is C12H16N4O. The molecule has 0 fully saturated rings. The summed E-state index contributed by atoms with van der Waals surface area (Å²) in [6, 6.07) is 0. The van der Waals surface area contributed by atoms with Crippen LogP contribution in [0.25, 0.3) is 5.78 Å². The van der Waals surface area contributed by atoms with Crippen LogP contribution < -0.4 is 5.56 Å². The lowest BCUT2D eigenvalue weighted by molar-refractivity contribution is 0.619. The van der Waals surface area contributed by atoms with Crippen LogP contribution in [0.1, 0.15) is 37.4 Å². The molecule has 0 amide bonds. The SMILES string of the molecule is CC(C)Cc1nc2nc3c(c(=O)n2[nH]1)CCC3. The van der Waals surface area contributed by atoms with Crippen molar-refractivity contribution in [2.75, 3.05) is 0 Å². The fourth-order valence-corrected chi connectivity index (χ4v) is 2.41. The highest BCUT2D eigenvalue weighted by Gasteiger charge is 2.19. The van der Waals surface area contributed by atoms with Crippen LogP contribution in [0.4, 0.5) is 0 Å². The molecule has 2 aromatic heterocycles. The first-order valence-corrected chi connectivity index (χ1v) is 6.14. The Morgan fingerprint density at radius 1 is 1.35 bits per heavy atom. The van der Waals surface area contributed by atoms with Gasteiger partial charge in [0.05, 0.1) is 5.69 Å². The summed E-state index contributed by atoms with van der Waals surface area (Å²) in [6.07, 6.45) is 3.63. The second kappa shape index (κ2) is 3.68. The molecule has 5 heteroatoms. The predicted molar refractivity (Wildman–Crippen MR) is 64.2 cm³/mol. The van der Waals surface area contributed by atoms with Crippen LogP contribution in [0.2, 0.25) is 0 Å². The highest BCUT2D eigenvalue weighted by atomic mass is 16.1. The van der Waals surface area contributed by atoms with Crippen LogP contribution in [0, 0.1) is 5.92 Å². The number of hydrogen-bond acceptors (Lipinski definition) is 3. The number of H-pyrrole nitrogens is 1. The molecule has 0 radical (unpaired) electrons. The molecule has 0 spiro atoms. The van der Waals surface area contributed by atoms with Crippen molar-refractivity contribution in [2.45, 2.75) is 39.5 Å². The first-order valence-electron chi connectivity index (χ1n) is 6.14. The minimum atomic E-state index is 0.0324. The molecule has 0 atom stereocenters. The summed E-state index contributed by atoms with van der Waals surface area (Å²) in [7, 11) is 0. The summed E-state index contributed by atoms with van der Waals surface area (Å²) in [5.74, 6) is 1.87. The van der Waals surface area contributed by atoms with Crippen LogP contribution >= 0.6 is 0 Å².